The molecule has 0 bridgehead atoms. The molecule has 6 nitrogen and oxygen atoms in total. The normalized spacial score (nSPS) is 14.3. The van der Waals surface area contributed by atoms with Crippen molar-refractivity contribution in [2.24, 2.45) is 0 Å². The molecule has 1 aliphatic rings. The van der Waals surface area contributed by atoms with E-state index in [9.17, 15) is 9.59 Å². The minimum absolute atomic E-state index is 0.218. The van der Waals surface area contributed by atoms with Crippen LogP contribution in [0.5, 0.6) is 0 Å². The molecule has 0 radical (unpaired) electrons. The van der Waals surface area contributed by atoms with Gasteiger partial charge in [0, 0.05) is 30.9 Å². The summed E-state index contributed by atoms with van der Waals surface area (Å²) >= 11 is 0. The third-order valence-corrected chi connectivity index (χ3v) is 4.31. The molecule has 0 spiro atoms. The third kappa shape index (κ3) is 5.20. The average Bonchev–Trinajstić information content (AvgIpc) is 2.61. The van der Waals surface area contributed by atoms with E-state index in [0.29, 0.717) is 29.1 Å². The number of hydrogen-bond acceptors (Lipinski definition) is 6. The molecular formula is C20H26N2O4. The molecule has 1 heterocycles. The molecule has 140 valence electrons. The first-order valence-corrected chi connectivity index (χ1v) is 8.56. The van der Waals surface area contributed by atoms with Gasteiger partial charge in [-0.05, 0) is 26.5 Å². The largest absolute Gasteiger partial charge is 0.466 e. The van der Waals surface area contributed by atoms with E-state index in [0.717, 1.165) is 6.54 Å². The summed E-state index contributed by atoms with van der Waals surface area (Å²) < 4.78 is 10.2. The van der Waals surface area contributed by atoms with Crippen molar-refractivity contribution < 1.29 is 19.1 Å². The maximum atomic E-state index is 12.4. The van der Waals surface area contributed by atoms with Crippen LogP contribution in [0.3, 0.4) is 0 Å². The summed E-state index contributed by atoms with van der Waals surface area (Å²) in [7, 11) is 3.31. The lowest BCUT2D eigenvalue weighted by atomic mass is 9.98. The fraction of sp³-hybridized carbons (Fsp3) is 0.400. The number of esters is 2. The summed E-state index contributed by atoms with van der Waals surface area (Å²) in [6.07, 6.45) is 0.218. The molecule has 6 heteroatoms. The maximum absolute atomic E-state index is 12.4. The van der Waals surface area contributed by atoms with E-state index in [2.05, 4.69) is 22.3 Å². The van der Waals surface area contributed by atoms with Gasteiger partial charge in [-0.15, -0.1) is 0 Å². The van der Waals surface area contributed by atoms with Gasteiger partial charge in [0.25, 0.3) is 0 Å². The Bertz CT molecular complexity index is 723. The topological polar surface area (TPSA) is 67.9 Å². The van der Waals surface area contributed by atoms with Crippen molar-refractivity contribution in [3.8, 4) is 0 Å². The molecule has 1 N–H and O–H groups in total. The summed E-state index contributed by atoms with van der Waals surface area (Å²) in [5.41, 5.74) is 3.53. The van der Waals surface area contributed by atoms with E-state index in [1.807, 2.05) is 25.2 Å². The van der Waals surface area contributed by atoms with Crippen LogP contribution in [0.1, 0.15) is 25.8 Å². The zero-order valence-corrected chi connectivity index (χ0v) is 15.8. The minimum Gasteiger partial charge on any atom is -0.466 e. The van der Waals surface area contributed by atoms with Gasteiger partial charge < -0.3 is 14.8 Å². The Morgan fingerprint density at radius 1 is 1.08 bits per heavy atom. The number of allylic oxidation sites excluding steroid dienone is 2. The first-order valence-electron chi connectivity index (χ1n) is 8.56. The summed E-state index contributed by atoms with van der Waals surface area (Å²) in [6.45, 7) is 5.29. The number of ether oxygens (including phenoxy) is 2. The smallest absolute Gasteiger partial charge is 0.336 e. The second-order valence-electron chi connectivity index (χ2n) is 6.36. The molecule has 0 atom stereocenters. The number of nitrogens with zero attached hydrogens (tertiary/aromatic N) is 1. The first kappa shape index (κ1) is 19.7. The fourth-order valence-corrected chi connectivity index (χ4v) is 2.80. The molecule has 0 saturated carbocycles. The number of dihydropyridines is 1. The first-order chi connectivity index (χ1) is 12.4. The Hall–Kier alpha value is -2.60. The van der Waals surface area contributed by atoms with E-state index >= 15 is 0 Å². The quantitative estimate of drug-likeness (QED) is 0.755. The monoisotopic (exact) mass is 358 g/mol. The highest BCUT2D eigenvalue weighted by atomic mass is 16.5. The van der Waals surface area contributed by atoms with Crippen LogP contribution in [-0.2, 0) is 25.6 Å². The van der Waals surface area contributed by atoms with Crippen molar-refractivity contribution in [2.75, 3.05) is 27.3 Å². The Balaban J connectivity index is 1.85. The summed E-state index contributed by atoms with van der Waals surface area (Å²) in [5.74, 6) is -0.840. The van der Waals surface area contributed by atoms with Gasteiger partial charge in [-0.2, -0.15) is 0 Å². The number of likely N-dealkylation sites (N-methyl/N-ethyl adjacent to an activating group) is 1. The highest BCUT2D eigenvalue weighted by Gasteiger charge is 2.26. The summed E-state index contributed by atoms with van der Waals surface area (Å²) in [6, 6.07) is 10.1. The Morgan fingerprint density at radius 2 is 1.69 bits per heavy atom. The van der Waals surface area contributed by atoms with E-state index in [4.69, 9.17) is 9.47 Å². The molecule has 0 aromatic heterocycles. The van der Waals surface area contributed by atoms with Gasteiger partial charge in [0.2, 0.25) is 0 Å². The van der Waals surface area contributed by atoms with Gasteiger partial charge in [-0.25, -0.2) is 9.59 Å². The van der Waals surface area contributed by atoms with E-state index < -0.39 is 11.9 Å². The lowest BCUT2D eigenvalue weighted by Crippen LogP contribution is -2.28. The molecule has 2 rings (SSSR count). The van der Waals surface area contributed by atoms with Crippen LogP contribution in [0.25, 0.3) is 0 Å². The molecule has 0 aliphatic carbocycles. The van der Waals surface area contributed by atoms with Crippen LogP contribution >= 0.6 is 0 Å². The van der Waals surface area contributed by atoms with E-state index in [-0.39, 0.29) is 13.0 Å². The fourth-order valence-electron chi connectivity index (χ4n) is 2.80. The van der Waals surface area contributed by atoms with Gasteiger partial charge in [-0.1, -0.05) is 30.3 Å². The molecule has 1 aromatic rings. The van der Waals surface area contributed by atoms with Crippen molar-refractivity contribution in [2.45, 2.75) is 26.8 Å². The second kappa shape index (κ2) is 9.20. The Morgan fingerprint density at radius 3 is 2.31 bits per heavy atom. The molecule has 1 aliphatic heterocycles. The lowest BCUT2D eigenvalue weighted by molar-refractivity contribution is -0.139. The molecule has 0 fully saturated rings. The Kier molecular flexibility index (Phi) is 6.97. The second-order valence-corrected chi connectivity index (χ2v) is 6.36. The van der Waals surface area contributed by atoms with E-state index in [1.165, 1.54) is 12.7 Å². The van der Waals surface area contributed by atoms with Crippen LogP contribution in [-0.4, -0.2) is 44.1 Å². The van der Waals surface area contributed by atoms with Crippen LogP contribution in [0.2, 0.25) is 0 Å². The number of rotatable bonds is 7. The predicted molar refractivity (Wildman–Crippen MR) is 98.9 cm³/mol. The average molecular weight is 358 g/mol. The molecule has 0 unspecified atom stereocenters. The number of benzene rings is 1. The number of carbonyl (C=O) groups excluding carboxylic acids is 2. The highest BCUT2D eigenvalue weighted by molar-refractivity contribution is 5.96. The van der Waals surface area contributed by atoms with Crippen molar-refractivity contribution in [1.82, 2.24) is 10.2 Å². The molecular weight excluding hydrogens is 332 g/mol. The Labute approximate surface area is 154 Å². The van der Waals surface area contributed by atoms with Gasteiger partial charge in [0.1, 0.15) is 6.61 Å². The van der Waals surface area contributed by atoms with Crippen LogP contribution < -0.4 is 5.32 Å². The standard InChI is InChI=1S/C20H26N2O4/c1-14-17(19(23)25-4)12-18(15(2)21-14)20(24)26-11-10-22(3)13-16-8-6-5-7-9-16/h5-9,21H,10-13H2,1-4H3. The molecule has 26 heavy (non-hydrogen) atoms. The van der Waals surface area contributed by atoms with Crippen LogP contribution in [0.15, 0.2) is 52.9 Å². The molecule has 0 amide bonds. The number of hydrogen-bond donors (Lipinski definition) is 1. The summed E-state index contributed by atoms with van der Waals surface area (Å²) in [5, 5.41) is 3.05. The van der Waals surface area contributed by atoms with E-state index in [1.54, 1.807) is 13.8 Å². The van der Waals surface area contributed by atoms with Crippen molar-refractivity contribution >= 4 is 11.9 Å². The zero-order chi connectivity index (χ0) is 19.1. The zero-order valence-electron chi connectivity index (χ0n) is 15.8. The summed E-state index contributed by atoms with van der Waals surface area (Å²) in [4.78, 5) is 26.3. The molecule has 0 saturated heterocycles. The van der Waals surface area contributed by atoms with Gasteiger partial charge in [0.15, 0.2) is 0 Å². The lowest BCUT2D eigenvalue weighted by Gasteiger charge is -2.22. The predicted octanol–water partition coefficient (Wildman–Crippen LogP) is 2.38. The van der Waals surface area contributed by atoms with Crippen molar-refractivity contribution in [3.63, 3.8) is 0 Å². The van der Waals surface area contributed by atoms with Gasteiger partial charge in [0.05, 0.1) is 18.3 Å². The van der Waals surface area contributed by atoms with Crippen molar-refractivity contribution in [3.05, 3.63) is 58.4 Å². The number of nitrogens with one attached hydrogen (secondary N) is 1. The molecule has 1 aromatic carbocycles. The van der Waals surface area contributed by atoms with Crippen LogP contribution in [0.4, 0.5) is 0 Å². The SMILES string of the molecule is COC(=O)C1=C(C)NC(C)=C(C(=O)OCCN(C)Cc2ccccc2)C1. The number of methoxy groups -OCH3 is 1. The van der Waals surface area contributed by atoms with Crippen molar-refractivity contribution in [1.29, 1.82) is 0 Å². The van der Waals surface area contributed by atoms with Gasteiger partial charge in [-0.3, -0.25) is 4.90 Å². The van der Waals surface area contributed by atoms with Gasteiger partial charge >= 0.3 is 11.9 Å². The maximum Gasteiger partial charge on any atom is 0.336 e. The highest BCUT2D eigenvalue weighted by Crippen LogP contribution is 2.24. The minimum atomic E-state index is -0.435. The number of carbonyl (C=O) groups is 2. The third-order valence-electron chi connectivity index (χ3n) is 4.31. The van der Waals surface area contributed by atoms with Crippen LogP contribution in [0, 0.1) is 0 Å².